The third-order valence-corrected chi connectivity index (χ3v) is 3.95. The highest BCUT2D eigenvalue weighted by Crippen LogP contribution is 2.25. The molecule has 0 unspecified atom stereocenters. The summed E-state index contributed by atoms with van der Waals surface area (Å²) in [5.41, 5.74) is 0. The average molecular weight is 250 g/mol. The first-order valence-corrected chi connectivity index (χ1v) is 7.19. The summed E-state index contributed by atoms with van der Waals surface area (Å²) in [4.78, 5) is 12.9. The first-order valence-electron chi connectivity index (χ1n) is 6.21. The monoisotopic (exact) mass is 250 g/mol. The molecular weight excluding hydrogens is 232 g/mol. The Balaban J connectivity index is 1.69. The lowest BCUT2D eigenvalue weighted by atomic mass is 9.89. The van der Waals surface area contributed by atoms with Crippen LogP contribution in [0.4, 0.5) is 0 Å². The lowest BCUT2D eigenvalue weighted by molar-refractivity contribution is -0.147. The second kappa shape index (κ2) is 6.70. The molecule has 0 amide bonds. The Kier molecular flexibility index (Phi) is 4.92. The normalized spacial score (nSPS) is 16.7. The molecule has 0 N–H and O–H groups in total. The molecule has 1 aliphatic carbocycles. The highest BCUT2D eigenvalue weighted by molar-refractivity contribution is 7.99. The van der Waals surface area contributed by atoms with Crippen molar-refractivity contribution in [1.82, 2.24) is 0 Å². The maximum absolute atomic E-state index is 11.8. The minimum absolute atomic E-state index is 0.00636. The number of rotatable bonds is 4. The van der Waals surface area contributed by atoms with Gasteiger partial charge in [0.05, 0.1) is 5.92 Å². The molecule has 0 atom stereocenters. The summed E-state index contributed by atoms with van der Waals surface area (Å²) in [6.07, 6.45) is 5.63. The van der Waals surface area contributed by atoms with Gasteiger partial charge >= 0.3 is 5.97 Å². The number of esters is 1. The Labute approximate surface area is 107 Å². The molecule has 92 valence electrons. The van der Waals surface area contributed by atoms with E-state index in [1.54, 1.807) is 11.8 Å². The summed E-state index contributed by atoms with van der Waals surface area (Å²) in [5, 5.41) is 0. The highest BCUT2D eigenvalue weighted by Gasteiger charge is 2.22. The Morgan fingerprint density at radius 1 is 1.18 bits per heavy atom. The summed E-state index contributed by atoms with van der Waals surface area (Å²) in [5.74, 6) is 0.576. The van der Waals surface area contributed by atoms with E-state index in [1.807, 2.05) is 30.3 Å². The van der Waals surface area contributed by atoms with E-state index in [0.29, 0.717) is 5.94 Å². The summed E-state index contributed by atoms with van der Waals surface area (Å²) >= 11 is 1.57. The molecule has 0 saturated heterocycles. The second-order valence-electron chi connectivity index (χ2n) is 4.37. The van der Waals surface area contributed by atoms with Gasteiger partial charge in [-0.2, -0.15) is 0 Å². The zero-order chi connectivity index (χ0) is 11.9. The van der Waals surface area contributed by atoms with E-state index >= 15 is 0 Å². The molecule has 2 nitrogen and oxygen atoms in total. The average Bonchev–Trinajstić information content (AvgIpc) is 2.41. The minimum Gasteiger partial charge on any atom is -0.454 e. The lowest BCUT2D eigenvalue weighted by Crippen LogP contribution is -2.20. The minimum atomic E-state index is -0.00636. The Morgan fingerprint density at radius 3 is 2.59 bits per heavy atom. The van der Waals surface area contributed by atoms with Crippen LogP contribution in [-0.2, 0) is 9.53 Å². The Hall–Kier alpha value is -0.960. The zero-order valence-electron chi connectivity index (χ0n) is 9.93. The van der Waals surface area contributed by atoms with E-state index in [2.05, 4.69) is 0 Å². The van der Waals surface area contributed by atoms with Crippen LogP contribution in [0.5, 0.6) is 0 Å². The van der Waals surface area contributed by atoms with Crippen LogP contribution in [0.1, 0.15) is 32.1 Å². The van der Waals surface area contributed by atoms with Gasteiger partial charge in [0.15, 0.2) is 0 Å². The fourth-order valence-corrected chi connectivity index (χ4v) is 2.79. The molecule has 3 heteroatoms. The molecule has 17 heavy (non-hydrogen) atoms. The summed E-state index contributed by atoms with van der Waals surface area (Å²) in [6, 6.07) is 10.0. The first kappa shape index (κ1) is 12.5. The van der Waals surface area contributed by atoms with Crippen LogP contribution in [0.15, 0.2) is 35.2 Å². The highest BCUT2D eigenvalue weighted by atomic mass is 32.2. The third-order valence-electron chi connectivity index (χ3n) is 3.11. The quantitative estimate of drug-likeness (QED) is 0.461. The van der Waals surface area contributed by atoms with Crippen molar-refractivity contribution in [3.8, 4) is 0 Å². The molecule has 2 rings (SSSR count). The van der Waals surface area contributed by atoms with Crippen molar-refractivity contribution < 1.29 is 9.53 Å². The fraction of sp³-hybridized carbons (Fsp3) is 0.500. The maximum Gasteiger partial charge on any atom is 0.309 e. The molecule has 0 spiro atoms. The van der Waals surface area contributed by atoms with Crippen molar-refractivity contribution in [2.75, 3.05) is 5.94 Å². The molecular formula is C14H18O2S. The van der Waals surface area contributed by atoms with Gasteiger partial charge in [0.25, 0.3) is 0 Å². The number of ether oxygens (including phenoxy) is 1. The predicted molar refractivity (Wildman–Crippen MR) is 69.8 cm³/mol. The van der Waals surface area contributed by atoms with Gasteiger partial charge in [-0.05, 0) is 25.0 Å². The van der Waals surface area contributed by atoms with Crippen LogP contribution < -0.4 is 0 Å². The van der Waals surface area contributed by atoms with Gasteiger partial charge in [0, 0.05) is 4.90 Å². The topological polar surface area (TPSA) is 26.3 Å². The number of benzene rings is 1. The van der Waals surface area contributed by atoms with E-state index < -0.39 is 0 Å². The SMILES string of the molecule is O=C(OCSc1ccccc1)C1CCCCC1. The number of thioether (sulfide) groups is 1. The van der Waals surface area contributed by atoms with E-state index in [-0.39, 0.29) is 11.9 Å². The lowest BCUT2D eigenvalue weighted by Gasteiger charge is -2.19. The molecule has 1 saturated carbocycles. The summed E-state index contributed by atoms with van der Waals surface area (Å²) in [7, 11) is 0. The van der Waals surface area contributed by atoms with Crippen LogP contribution in [0.25, 0.3) is 0 Å². The molecule has 0 aromatic heterocycles. The van der Waals surface area contributed by atoms with Crippen molar-refractivity contribution in [1.29, 1.82) is 0 Å². The summed E-state index contributed by atoms with van der Waals surface area (Å²) in [6.45, 7) is 0. The van der Waals surface area contributed by atoms with Crippen molar-refractivity contribution in [2.24, 2.45) is 5.92 Å². The number of hydrogen-bond donors (Lipinski definition) is 0. The Morgan fingerprint density at radius 2 is 1.88 bits per heavy atom. The van der Waals surface area contributed by atoms with Gasteiger partial charge < -0.3 is 4.74 Å². The summed E-state index contributed by atoms with van der Waals surface area (Å²) < 4.78 is 5.31. The molecule has 1 aromatic rings. The molecule has 1 aliphatic rings. The molecule has 0 bridgehead atoms. The smallest absolute Gasteiger partial charge is 0.309 e. The second-order valence-corrected chi connectivity index (χ2v) is 5.37. The van der Waals surface area contributed by atoms with Crippen molar-refractivity contribution in [2.45, 2.75) is 37.0 Å². The fourth-order valence-electron chi connectivity index (χ4n) is 2.13. The third kappa shape index (κ3) is 4.08. The van der Waals surface area contributed by atoms with E-state index in [4.69, 9.17) is 4.74 Å². The molecule has 0 aliphatic heterocycles. The zero-order valence-corrected chi connectivity index (χ0v) is 10.7. The van der Waals surface area contributed by atoms with Gasteiger partial charge in [0.1, 0.15) is 5.94 Å². The number of carbonyl (C=O) groups excluding carboxylic acids is 1. The van der Waals surface area contributed by atoms with Gasteiger partial charge in [-0.3, -0.25) is 4.79 Å². The van der Waals surface area contributed by atoms with E-state index in [1.165, 1.54) is 19.3 Å². The van der Waals surface area contributed by atoms with E-state index in [9.17, 15) is 4.79 Å². The predicted octanol–water partition coefficient (Wildman–Crippen LogP) is 3.86. The van der Waals surface area contributed by atoms with Gasteiger partial charge in [-0.25, -0.2) is 0 Å². The van der Waals surface area contributed by atoms with E-state index in [0.717, 1.165) is 17.7 Å². The van der Waals surface area contributed by atoms with Crippen LogP contribution in [0.2, 0.25) is 0 Å². The van der Waals surface area contributed by atoms with Crippen molar-refractivity contribution in [3.05, 3.63) is 30.3 Å². The Bertz CT molecular complexity index is 344. The van der Waals surface area contributed by atoms with Crippen LogP contribution in [0.3, 0.4) is 0 Å². The number of hydrogen-bond acceptors (Lipinski definition) is 3. The molecule has 1 fully saturated rings. The van der Waals surface area contributed by atoms with Gasteiger partial charge in [0.2, 0.25) is 0 Å². The largest absolute Gasteiger partial charge is 0.454 e. The van der Waals surface area contributed by atoms with Gasteiger partial charge in [-0.15, -0.1) is 0 Å². The van der Waals surface area contributed by atoms with Gasteiger partial charge in [-0.1, -0.05) is 49.2 Å². The standard InChI is InChI=1S/C14H18O2S/c15-14(12-7-3-1-4-8-12)16-11-17-13-9-5-2-6-10-13/h2,5-6,9-10,12H,1,3-4,7-8,11H2. The molecule has 0 heterocycles. The molecule has 0 radical (unpaired) electrons. The number of carbonyl (C=O) groups is 1. The van der Waals surface area contributed by atoms with Crippen molar-refractivity contribution in [3.63, 3.8) is 0 Å². The van der Waals surface area contributed by atoms with Crippen LogP contribution >= 0.6 is 11.8 Å². The maximum atomic E-state index is 11.8. The molecule has 1 aromatic carbocycles. The first-order chi connectivity index (χ1) is 8.36. The van der Waals surface area contributed by atoms with Crippen LogP contribution in [0, 0.1) is 5.92 Å². The van der Waals surface area contributed by atoms with Crippen LogP contribution in [-0.4, -0.2) is 11.9 Å². The van der Waals surface area contributed by atoms with Crippen molar-refractivity contribution >= 4 is 17.7 Å².